The maximum Gasteiger partial charge on any atom is 0.260 e. The number of hydrogen-bond acceptors (Lipinski definition) is 4. The van der Waals surface area contributed by atoms with Crippen molar-refractivity contribution in [2.45, 2.75) is 0 Å². The van der Waals surface area contributed by atoms with E-state index in [0.717, 1.165) is 10.9 Å². The third-order valence-corrected chi connectivity index (χ3v) is 2.28. The number of aromatic nitrogens is 4. The summed E-state index contributed by atoms with van der Waals surface area (Å²) in [5.74, 6) is 0.117. The van der Waals surface area contributed by atoms with Crippen LogP contribution in [0.5, 0.6) is 0 Å². The third-order valence-electron chi connectivity index (χ3n) is 2.28. The largest absolute Gasteiger partial charge is 0.369 e. The van der Waals surface area contributed by atoms with Gasteiger partial charge in [-0.2, -0.15) is 5.10 Å². The molecule has 0 saturated carbocycles. The van der Waals surface area contributed by atoms with Gasteiger partial charge in [0.2, 0.25) is 5.95 Å². The van der Waals surface area contributed by atoms with E-state index in [1.165, 1.54) is 0 Å². The summed E-state index contributed by atoms with van der Waals surface area (Å²) >= 11 is 0. The van der Waals surface area contributed by atoms with Gasteiger partial charge >= 0.3 is 0 Å². The number of benzene rings is 1. The Morgan fingerprint density at radius 2 is 2.20 bits per heavy atom. The number of hydrogen-bond donors (Lipinski definition) is 3. The fourth-order valence-electron chi connectivity index (χ4n) is 1.60. The van der Waals surface area contributed by atoms with Crippen molar-refractivity contribution in [3.63, 3.8) is 0 Å². The second-order valence-corrected chi connectivity index (χ2v) is 3.28. The van der Waals surface area contributed by atoms with E-state index in [4.69, 9.17) is 5.73 Å². The molecule has 0 amide bonds. The van der Waals surface area contributed by atoms with E-state index in [1.54, 1.807) is 18.3 Å². The van der Waals surface area contributed by atoms with Crippen molar-refractivity contribution in [1.29, 1.82) is 0 Å². The molecule has 0 bridgehead atoms. The van der Waals surface area contributed by atoms with Crippen molar-refractivity contribution < 1.29 is 0 Å². The lowest BCUT2D eigenvalue weighted by Crippen LogP contribution is -2.10. The smallest absolute Gasteiger partial charge is 0.260 e. The highest BCUT2D eigenvalue weighted by Gasteiger charge is 2.04. The van der Waals surface area contributed by atoms with Crippen LogP contribution >= 0.6 is 0 Å². The minimum Gasteiger partial charge on any atom is -0.369 e. The number of nitrogens with zero attached hydrogens (tertiary/aromatic N) is 2. The summed E-state index contributed by atoms with van der Waals surface area (Å²) in [6.45, 7) is 0. The first-order valence-corrected chi connectivity index (χ1v) is 4.37. The van der Waals surface area contributed by atoms with Gasteiger partial charge in [-0.3, -0.25) is 14.9 Å². The Kier molecular flexibility index (Phi) is 1.37. The van der Waals surface area contributed by atoms with E-state index in [-0.39, 0.29) is 11.5 Å². The molecule has 0 radical (unpaired) electrons. The van der Waals surface area contributed by atoms with E-state index in [9.17, 15) is 4.79 Å². The van der Waals surface area contributed by atoms with Crippen LogP contribution in [-0.4, -0.2) is 20.2 Å². The molecule has 0 saturated heterocycles. The maximum absolute atomic E-state index is 11.6. The molecule has 6 heteroatoms. The predicted molar refractivity (Wildman–Crippen MR) is 56.4 cm³/mol. The van der Waals surface area contributed by atoms with Gasteiger partial charge in [-0.15, -0.1) is 0 Å². The zero-order chi connectivity index (χ0) is 10.4. The van der Waals surface area contributed by atoms with Gasteiger partial charge in [-0.25, -0.2) is 4.98 Å². The number of anilines is 1. The Morgan fingerprint density at radius 1 is 1.33 bits per heavy atom. The molecule has 6 nitrogen and oxygen atoms in total. The van der Waals surface area contributed by atoms with E-state index < -0.39 is 0 Å². The molecule has 4 N–H and O–H groups in total. The zero-order valence-electron chi connectivity index (χ0n) is 7.61. The Labute approximate surface area is 83.1 Å². The van der Waals surface area contributed by atoms with Crippen molar-refractivity contribution in [1.82, 2.24) is 20.2 Å². The van der Waals surface area contributed by atoms with Crippen LogP contribution in [0.25, 0.3) is 21.8 Å². The topological polar surface area (TPSA) is 100 Å². The second-order valence-electron chi connectivity index (χ2n) is 3.28. The molecule has 0 unspecified atom stereocenters. The Morgan fingerprint density at radius 3 is 3.07 bits per heavy atom. The molecular weight excluding hydrogens is 194 g/mol. The molecule has 0 aliphatic rings. The zero-order valence-corrected chi connectivity index (χ0v) is 7.61. The van der Waals surface area contributed by atoms with Crippen molar-refractivity contribution in [2.75, 3.05) is 5.73 Å². The lowest BCUT2D eigenvalue weighted by Gasteiger charge is -1.97. The normalized spacial score (nSPS) is 11.2. The number of fused-ring (bicyclic) bond motifs is 2. The average Bonchev–Trinajstić information content (AvgIpc) is 2.61. The molecule has 74 valence electrons. The molecule has 0 fully saturated rings. The van der Waals surface area contributed by atoms with Crippen LogP contribution in [0.1, 0.15) is 0 Å². The summed E-state index contributed by atoms with van der Waals surface area (Å²) in [6, 6.07) is 3.49. The molecule has 2 aromatic heterocycles. The monoisotopic (exact) mass is 201 g/mol. The molecule has 2 heterocycles. The maximum atomic E-state index is 11.6. The molecule has 0 atom stereocenters. The minimum atomic E-state index is -0.236. The number of nitrogens with two attached hydrogens (primary N) is 1. The molecule has 15 heavy (non-hydrogen) atoms. The third kappa shape index (κ3) is 1.08. The highest BCUT2D eigenvalue weighted by Crippen LogP contribution is 2.16. The SMILES string of the molecule is Nc1nc2cc3[nH]ncc3cc2c(=O)[nH]1. The van der Waals surface area contributed by atoms with Gasteiger partial charge in [0.15, 0.2) is 0 Å². The van der Waals surface area contributed by atoms with Gasteiger partial charge in [-0.1, -0.05) is 0 Å². The van der Waals surface area contributed by atoms with Crippen LogP contribution in [0.2, 0.25) is 0 Å². The molecule has 0 aliphatic carbocycles. The first kappa shape index (κ1) is 7.98. The molecule has 0 spiro atoms. The van der Waals surface area contributed by atoms with Crippen molar-refractivity contribution in [3.8, 4) is 0 Å². The van der Waals surface area contributed by atoms with Crippen LogP contribution in [0.15, 0.2) is 23.1 Å². The van der Waals surface area contributed by atoms with Gasteiger partial charge < -0.3 is 5.73 Å². The highest BCUT2D eigenvalue weighted by atomic mass is 16.1. The summed E-state index contributed by atoms with van der Waals surface area (Å²) in [4.78, 5) is 18.1. The molecule has 3 rings (SSSR count). The summed E-state index contributed by atoms with van der Waals surface area (Å²) in [7, 11) is 0. The highest BCUT2D eigenvalue weighted by molar-refractivity contribution is 5.94. The van der Waals surface area contributed by atoms with Crippen LogP contribution in [0.3, 0.4) is 0 Å². The lowest BCUT2D eigenvalue weighted by atomic mass is 10.2. The number of nitrogens with one attached hydrogen (secondary N) is 2. The van der Waals surface area contributed by atoms with Crippen LogP contribution in [-0.2, 0) is 0 Å². The number of rotatable bonds is 0. The van der Waals surface area contributed by atoms with Crippen LogP contribution in [0.4, 0.5) is 5.95 Å². The summed E-state index contributed by atoms with van der Waals surface area (Å²) in [5.41, 5.74) is 6.61. The minimum absolute atomic E-state index is 0.117. The van der Waals surface area contributed by atoms with E-state index in [1.807, 2.05) is 0 Å². The quantitative estimate of drug-likeness (QED) is 0.489. The molecule has 0 aliphatic heterocycles. The molecular formula is C9H7N5O. The Balaban J connectivity index is 2.59. The molecule has 3 aromatic rings. The fourth-order valence-corrected chi connectivity index (χ4v) is 1.60. The van der Waals surface area contributed by atoms with E-state index in [2.05, 4.69) is 20.2 Å². The standard InChI is InChI=1S/C9H7N5O/c10-9-12-7-2-6-4(3-11-14-6)1-5(7)8(15)13-9/h1-3H,(H,11,14)(H3,10,12,13,15). The van der Waals surface area contributed by atoms with Gasteiger partial charge in [0.05, 0.1) is 22.6 Å². The second kappa shape index (κ2) is 2.57. The summed E-state index contributed by atoms with van der Waals surface area (Å²) in [6.07, 6.45) is 1.66. The van der Waals surface area contributed by atoms with Crippen molar-refractivity contribution in [3.05, 3.63) is 28.7 Å². The van der Waals surface area contributed by atoms with Crippen molar-refractivity contribution in [2.24, 2.45) is 0 Å². The first-order chi connectivity index (χ1) is 7.24. The van der Waals surface area contributed by atoms with Gasteiger partial charge in [0.25, 0.3) is 5.56 Å². The van der Waals surface area contributed by atoms with Gasteiger partial charge in [0, 0.05) is 5.39 Å². The summed E-state index contributed by atoms with van der Waals surface area (Å²) in [5, 5.41) is 8.07. The summed E-state index contributed by atoms with van der Waals surface area (Å²) < 4.78 is 0. The number of H-pyrrole nitrogens is 2. The number of nitrogen functional groups attached to an aromatic ring is 1. The van der Waals surface area contributed by atoms with E-state index >= 15 is 0 Å². The molecule has 1 aromatic carbocycles. The van der Waals surface area contributed by atoms with Crippen molar-refractivity contribution >= 4 is 27.8 Å². The predicted octanol–water partition coefficient (Wildman–Crippen LogP) is 0.382. The first-order valence-electron chi connectivity index (χ1n) is 4.37. The lowest BCUT2D eigenvalue weighted by molar-refractivity contribution is 1.12. The average molecular weight is 201 g/mol. The van der Waals surface area contributed by atoms with Gasteiger partial charge in [0.1, 0.15) is 0 Å². The Bertz CT molecular complexity index is 711. The fraction of sp³-hybridized carbons (Fsp3) is 0. The Hall–Kier alpha value is -2.37. The van der Waals surface area contributed by atoms with Gasteiger partial charge in [-0.05, 0) is 12.1 Å². The van der Waals surface area contributed by atoms with Crippen LogP contribution in [0, 0.1) is 0 Å². The van der Waals surface area contributed by atoms with E-state index in [0.29, 0.717) is 10.9 Å². The number of aromatic amines is 2. The van der Waals surface area contributed by atoms with Crippen LogP contribution < -0.4 is 11.3 Å².